The van der Waals surface area contributed by atoms with E-state index in [0.29, 0.717) is 15.6 Å². The predicted molar refractivity (Wildman–Crippen MR) is 96.4 cm³/mol. The smallest absolute Gasteiger partial charge is 0.251 e. The molecule has 0 bridgehead atoms. The molecular weight excluding hydrogens is 351 g/mol. The molecule has 0 fully saturated rings. The van der Waals surface area contributed by atoms with Crippen molar-refractivity contribution in [3.8, 4) is 21.8 Å². The van der Waals surface area contributed by atoms with Crippen LogP contribution >= 0.6 is 34.5 Å². The van der Waals surface area contributed by atoms with E-state index in [1.807, 2.05) is 23.6 Å². The Hall–Kier alpha value is -1.88. The van der Waals surface area contributed by atoms with E-state index in [9.17, 15) is 4.79 Å². The number of halogens is 2. The molecule has 0 aliphatic heterocycles. The number of nitrogens with zero attached hydrogens (tertiary/aromatic N) is 1. The van der Waals surface area contributed by atoms with E-state index in [1.165, 1.54) is 11.3 Å². The van der Waals surface area contributed by atoms with Crippen LogP contribution < -0.4 is 5.32 Å². The fourth-order valence-corrected chi connectivity index (χ4v) is 3.24. The van der Waals surface area contributed by atoms with Crippen LogP contribution in [0, 0.1) is 0 Å². The summed E-state index contributed by atoms with van der Waals surface area (Å²) in [5.41, 5.74) is 3.36. The highest BCUT2D eigenvalue weighted by Crippen LogP contribution is 2.32. The van der Waals surface area contributed by atoms with Crippen LogP contribution in [0.15, 0.2) is 47.8 Å². The van der Waals surface area contributed by atoms with Gasteiger partial charge in [0.25, 0.3) is 5.91 Å². The summed E-state index contributed by atoms with van der Waals surface area (Å²) >= 11 is 13.5. The van der Waals surface area contributed by atoms with E-state index in [4.69, 9.17) is 23.2 Å². The molecule has 0 atom stereocenters. The van der Waals surface area contributed by atoms with Crippen molar-refractivity contribution >= 4 is 40.4 Å². The summed E-state index contributed by atoms with van der Waals surface area (Å²) in [4.78, 5) is 16.2. The first kappa shape index (κ1) is 16.0. The van der Waals surface area contributed by atoms with Crippen molar-refractivity contribution in [1.82, 2.24) is 10.3 Å². The number of carbonyl (C=O) groups excluding carboxylic acids is 1. The lowest BCUT2D eigenvalue weighted by Gasteiger charge is -2.01. The first-order valence-electron chi connectivity index (χ1n) is 6.82. The lowest BCUT2D eigenvalue weighted by molar-refractivity contribution is 0.0963. The number of benzene rings is 2. The van der Waals surface area contributed by atoms with Crippen molar-refractivity contribution in [3.05, 3.63) is 63.5 Å². The molecule has 3 aromatic rings. The third kappa shape index (κ3) is 3.39. The van der Waals surface area contributed by atoms with Crippen LogP contribution in [-0.4, -0.2) is 17.9 Å². The van der Waals surface area contributed by atoms with Crippen molar-refractivity contribution in [3.63, 3.8) is 0 Å². The molecule has 1 aromatic heterocycles. The minimum absolute atomic E-state index is 0.104. The zero-order valence-electron chi connectivity index (χ0n) is 12.1. The second-order valence-corrected chi connectivity index (χ2v) is 6.50. The lowest BCUT2D eigenvalue weighted by Crippen LogP contribution is -2.17. The zero-order chi connectivity index (χ0) is 16.4. The SMILES string of the molecule is CNC(=O)c1ccc(-c2nc(-c3ccc(Cl)c(Cl)c3)cs2)cc1. The topological polar surface area (TPSA) is 42.0 Å². The van der Waals surface area contributed by atoms with Crippen LogP contribution in [0.4, 0.5) is 0 Å². The molecule has 23 heavy (non-hydrogen) atoms. The minimum Gasteiger partial charge on any atom is -0.355 e. The van der Waals surface area contributed by atoms with Gasteiger partial charge in [0, 0.05) is 29.1 Å². The molecule has 1 heterocycles. The highest BCUT2D eigenvalue weighted by atomic mass is 35.5. The van der Waals surface area contributed by atoms with Gasteiger partial charge in [-0.2, -0.15) is 0 Å². The number of nitrogens with one attached hydrogen (secondary N) is 1. The summed E-state index contributed by atoms with van der Waals surface area (Å²) in [5.74, 6) is -0.104. The van der Waals surface area contributed by atoms with E-state index in [2.05, 4.69) is 10.3 Å². The molecule has 6 heteroatoms. The normalized spacial score (nSPS) is 10.6. The Bertz CT molecular complexity index is 859. The van der Waals surface area contributed by atoms with Crippen molar-refractivity contribution in [2.24, 2.45) is 0 Å². The summed E-state index contributed by atoms with van der Waals surface area (Å²) in [5, 5.41) is 6.49. The van der Waals surface area contributed by atoms with Gasteiger partial charge in [0.2, 0.25) is 0 Å². The highest BCUT2D eigenvalue weighted by molar-refractivity contribution is 7.13. The van der Waals surface area contributed by atoms with Crippen LogP contribution in [0.1, 0.15) is 10.4 Å². The maximum atomic E-state index is 11.6. The third-order valence-corrected chi connectivity index (χ3v) is 4.97. The van der Waals surface area contributed by atoms with Gasteiger partial charge in [-0.15, -0.1) is 11.3 Å². The van der Waals surface area contributed by atoms with Gasteiger partial charge in [0.05, 0.1) is 15.7 Å². The summed E-state index contributed by atoms with van der Waals surface area (Å²) in [7, 11) is 1.61. The molecule has 3 nitrogen and oxygen atoms in total. The van der Waals surface area contributed by atoms with Crippen LogP contribution in [0.5, 0.6) is 0 Å². The molecule has 3 rings (SSSR count). The zero-order valence-corrected chi connectivity index (χ0v) is 14.5. The quantitative estimate of drug-likeness (QED) is 0.700. The second kappa shape index (κ2) is 6.71. The average Bonchev–Trinajstić information content (AvgIpc) is 3.07. The number of thiazole rings is 1. The number of hydrogen-bond donors (Lipinski definition) is 1. The van der Waals surface area contributed by atoms with Crippen molar-refractivity contribution in [2.45, 2.75) is 0 Å². The summed E-state index contributed by atoms with van der Waals surface area (Å²) in [6.45, 7) is 0. The van der Waals surface area contributed by atoms with Gasteiger partial charge in [-0.05, 0) is 24.3 Å². The maximum Gasteiger partial charge on any atom is 0.251 e. The molecule has 0 radical (unpaired) electrons. The van der Waals surface area contributed by atoms with E-state index >= 15 is 0 Å². The third-order valence-electron chi connectivity index (χ3n) is 3.34. The van der Waals surface area contributed by atoms with Gasteiger partial charge in [-0.3, -0.25) is 4.79 Å². The number of rotatable bonds is 3. The standard InChI is InChI=1S/C17H12Cl2N2OS/c1-20-16(22)10-2-4-11(5-3-10)17-21-15(9-23-17)12-6-7-13(18)14(19)8-12/h2-9H,1H3,(H,20,22). The Balaban J connectivity index is 1.89. The fraction of sp³-hybridized carbons (Fsp3) is 0.0588. The molecule has 116 valence electrons. The van der Waals surface area contributed by atoms with Crippen LogP contribution in [-0.2, 0) is 0 Å². The van der Waals surface area contributed by atoms with Crippen LogP contribution in [0.3, 0.4) is 0 Å². The summed E-state index contributed by atoms with van der Waals surface area (Å²) < 4.78 is 0. The molecule has 0 aliphatic rings. The highest BCUT2D eigenvalue weighted by Gasteiger charge is 2.09. The molecule has 1 N–H and O–H groups in total. The van der Waals surface area contributed by atoms with E-state index in [1.54, 1.807) is 31.3 Å². The predicted octanol–water partition coefficient (Wildman–Crippen LogP) is 5.14. The van der Waals surface area contributed by atoms with E-state index in [0.717, 1.165) is 21.8 Å². The lowest BCUT2D eigenvalue weighted by atomic mass is 10.1. The monoisotopic (exact) mass is 362 g/mol. The second-order valence-electron chi connectivity index (χ2n) is 4.82. The molecule has 1 amide bonds. The van der Waals surface area contributed by atoms with Gasteiger partial charge >= 0.3 is 0 Å². The molecular formula is C17H12Cl2N2OS. The largest absolute Gasteiger partial charge is 0.355 e. The average molecular weight is 363 g/mol. The number of aromatic nitrogens is 1. The number of amides is 1. The molecule has 0 aliphatic carbocycles. The van der Waals surface area contributed by atoms with Crippen molar-refractivity contribution in [1.29, 1.82) is 0 Å². The summed E-state index contributed by atoms with van der Waals surface area (Å²) in [6.07, 6.45) is 0. The van der Waals surface area contributed by atoms with Crippen molar-refractivity contribution < 1.29 is 4.79 Å². The first-order valence-corrected chi connectivity index (χ1v) is 8.45. The Labute approximate surface area is 147 Å². The van der Waals surface area contributed by atoms with Crippen molar-refractivity contribution in [2.75, 3.05) is 7.05 Å². The van der Waals surface area contributed by atoms with Crippen LogP contribution in [0.25, 0.3) is 21.8 Å². The van der Waals surface area contributed by atoms with Gasteiger partial charge in [0.1, 0.15) is 5.01 Å². The van der Waals surface area contributed by atoms with Gasteiger partial charge in [0.15, 0.2) is 0 Å². The van der Waals surface area contributed by atoms with E-state index in [-0.39, 0.29) is 5.91 Å². The maximum absolute atomic E-state index is 11.6. The molecule has 0 unspecified atom stereocenters. The first-order chi connectivity index (χ1) is 11.1. The molecule has 0 saturated heterocycles. The van der Waals surface area contributed by atoms with Crippen LogP contribution in [0.2, 0.25) is 10.0 Å². The number of hydrogen-bond acceptors (Lipinski definition) is 3. The minimum atomic E-state index is -0.104. The molecule has 0 spiro atoms. The van der Waals surface area contributed by atoms with Gasteiger partial charge in [-0.1, -0.05) is 41.4 Å². The van der Waals surface area contributed by atoms with Gasteiger partial charge in [-0.25, -0.2) is 4.98 Å². The number of carbonyl (C=O) groups is 1. The Morgan fingerprint density at radius 3 is 2.39 bits per heavy atom. The molecule has 2 aromatic carbocycles. The summed E-state index contributed by atoms with van der Waals surface area (Å²) in [6, 6.07) is 12.8. The van der Waals surface area contributed by atoms with E-state index < -0.39 is 0 Å². The Morgan fingerprint density at radius 1 is 1.04 bits per heavy atom. The Kier molecular flexibility index (Phi) is 4.66. The molecule has 0 saturated carbocycles. The Morgan fingerprint density at radius 2 is 1.74 bits per heavy atom. The fourth-order valence-electron chi connectivity index (χ4n) is 2.10. The van der Waals surface area contributed by atoms with Gasteiger partial charge < -0.3 is 5.32 Å².